The number of anilines is 1. The second kappa shape index (κ2) is 5.39. The van der Waals surface area contributed by atoms with E-state index in [9.17, 15) is 4.79 Å². The summed E-state index contributed by atoms with van der Waals surface area (Å²) in [4.78, 5) is 21.2. The molecule has 0 radical (unpaired) electrons. The molecule has 2 aromatic heterocycles. The lowest BCUT2D eigenvalue weighted by atomic mass is 10.1. The molecule has 5 aromatic rings. The molecule has 5 rings (SSSR count). The Balaban J connectivity index is 1.51. The van der Waals surface area contributed by atoms with Gasteiger partial charge in [0.2, 0.25) is 0 Å². The van der Waals surface area contributed by atoms with E-state index in [-0.39, 0.29) is 11.9 Å². The Bertz CT molecular complexity index is 1260. The van der Waals surface area contributed by atoms with Crippen molar-refractivity contribution < 1.29 is 9.21 Å². The maximum Gasteiger partial charge on any atom is 0.302 e. The molecule has 3 aromatic carbocycles. The van der Waals surface area contributed by atoms with E-state index in [0.717, 1.165) is 21.0 Å². The lowest BCUT2D eigenvalue weighted by Gasteiger charge is -2.03. The van der Waals surface area contributed by atoms with E-state index in [2.05, 4.69) is 15.3 Å². The second-order valence-electron chi connectivity index (χ2n) is 5.65. The van der Waals surface area contributed by atoms with Gasteiger partial charge in [-0.15, -0.1) is 11.3 Å². The molecule has 0 bridgehead atoms. The molecule has 0 aliphatic heterocycles. The Morgan fingerprint density at radius 1 is 1.04 bits per heavy atom. The zero-order valence-electron chi connectivity index (χ0n) is 12.9. The number of oxazole rings is 1. The number of nitrogens with zero attached hydrogens (tertiary/aromatic N) is 2. The van der Waals surface area contributed by atoms with Crippen molar-refractivity contribution in [1.29, 1.82) is 0 Å². The highest BCUT2D eigenvalue weighted by molar-refractivity contribution is 7.16. The van der Waals surface area contributed by atoms with E-state index in [1.165, 1.54) is 11.3 Å². The molecule has 6 heteroatoms. The third-order valence-electron chi connectivity index (χ3n) is 4.09. The molecule has 1 amide bonds. The second-order valence-corrected chi connectivity index (χ2v) is 6.53. The molecule has 120 valence electrons. The standard InChI is InChI=1S/C19H11N3O2S/c23-18(13-6-5-11-3-1-2-4-12(11)9-13)22-19-21-14-7-8-15-16(17(14)24-19)20-10-25-15/h1-10H,(H,21,22,23). The van der Waals surface area contributed by atoms with E-state index >= 15 is 0 Å². The molecular formula is C19H11N3O2S. The number of fused-ring (bicyclic) bond motifs is 4. The maximum absolute atomic E-state index is 12.5. The van der Waals surface area contributed by atoms with Crippen molar-refractivity contribution in [3.05, 3.63) is 65.7 Å². The van der Waals surface area contributed by atoms with Crippen molar-refractivity contribution in [3.8, 4) is 0 Å². The SMILES string of the molecule is O=C(Nc1nc2ccc3scnc3c2o1)c1ccc2ccccc2c1. The quantitative estimate of drug-likeness (QED) is 0.497. The molecule has 0 fully saturated rings. The average Bonchev–Trinajstić information content (AvgIpc) is 3.26. The Kier molecular flexibility index (Phi) is 3.05. The van der Waals surface area contributed by atoms with Gasteiger partial charge in [-0.3, -0.25) is 10.1 Å². The lowest BCUT2D eigenvalue weighted by molar-refractivity contribution is 0.102. The monoisotopic (exact) mass is 345 g/mol. The Morgan fingerprint density at radius 2 is 1.92 bits per heavy atom. The largest absolute Gasteiger partial charge is 0.421 e. The van der Waals surface area contributed by atoms with Crippen molar-refractivity contribution in [2.45, 2.75) is 0 Å². The van der Waals surface area contributed by atoms with Gasteiger partial charge in [-0.05, 0) is 35.0 Å². The molecule has 0 atom stereocenters. The van der Waals surface area contributed by atoms with Crippen LogP contribution >= 0.6 is 11.3 Å². The molecule has 0 unspecified atom stereocenters. The lowest BCUT2D eigenvalue weighted by Crippen LogP contribution is -2.11. The average molecular weight is 345 g/mol. The fourth-order valence-electron chi connectivity index (χ4n) is 2.87. The molecule has 25 heavy (non-hydrogen) atoms. The van der Waals surface area contributed by atoms with Crippen LogP contribution in [-0.2, 0) is 0 Å². The number of aromatic nitrogens is 2. The van der Waals surface area contributed by atoms with Gasteiger partial charge < -0.3 is 4.42 Å². The minimum Gasteiger partial charge on any atom is -0.421 e. The predicted octanol–water partition coefficient (Wildman–Crippen LogP) is 4.84. The van der Waals surface area contributed by atoms with E-state index in [1.807, 2.05) is 48.5 Å². The highest BCUT2D eigenvalue weighted by atomic mass is 32.1. The zero-order chi connectivity index (χ0) is 16.8. The molecule has 1 N–H and O–H groups in total. The topological polar surface area (TPSA) is 68.0 Å². The summed E-state index contributed by atoms with van der Waals surface area (Å²) in [6.07, 6.45) is 0. The first kappa shape index (κ1) is 14.1. The van der Waals surface area contributed by atoms with Crippen LogP contribution in [0, 0.1) is 0 Å². The van der Waals surface area contributed by atoms with E-state index < -0.39 is 0 Å². The van der Waals surface area contributed by atoms with Gasteiger partial charge in [0, 0.05) is 5.56 Å². The first-order valence-corrected chi connectivity index (χ1v) is 8.59. The van der Waals surface area contributed by atoms with E-state index in [1.54, 1.807) is 11.6 Å². The Morgan fingerprint density at radius 3 is 2.84 bits per heavy atom. The number of thiazole rings is 1. The third-order valence-corrected chi connectivity index (χ3v) is 4.88. The maximum atomic E-state index is 12.5. The first-order chi connectivity index (χ1) is 12.3. The van der Waals surface area contributed by atoms with Crippen LogP contribution in [0.5, 0.6) is 0 Å². The van der Waals surface area contributed by atoms with Crippen molar-refractivity contribution >= 4 is 55.3 Å². The Labute approximate surface area is 145 Å². The summed E-state index contributed by atoms with van der Waals surface area (Å²) in [5.41, 5.74) is 4.35. The number of rotatable bonds is 2. The summed E-state index contributed by atoms with van der Waals surface area (Å²) in [5.74, 6) is -0.258. The summed E-state index contributed by atoms with van der Waals surface area (Å²) >= 11 is 1.54. The number of benzene rings is 3. The van der Waals surface area contributed by atoms with Gasteiger partial charge in [0.1, 0.15) is 11.0 Å². The summed E-state index contributed by atoms with van der Waals surface area (Å²) in [6.45, 7) is 0. The molecule has 2 heterocycles. The van der Waals surface area contributed by atoms with Crippen LogP contribution in [0.4, 0.5) is 6.01 Å². The van der Waals surface area contributed by atoms with Crippen molar-refractivity contribution in [1.82, 2.24) is 9.97 Å². The fourth-order valence-corrected chi connectivity index (χ4v) is 3.54. The van der Waals surface area contributed by atoms with E-state index in [4.69, 9.17) is 4.42 Å². The summed E-state index contributed by atoms with van der Waals surface area (Å²) in [7, 11) is 0. The summed E-state index contributed by atoms with van der Waals surface area (Å²) in [5, 5.41) is 4.83. The van der Waals surface area contributed by atoms with Gasteiger partial charge in [-0.2, -0.15) is 4.98 Å². The normalized spacial score (nSPS) is 11.4. The van der Waals surface area contributed by atoms with E-state index in [0.29, 0.717) is 16.7 Å². The smallest absolute Gasteiger partial charge is 0.302 e. The van der Waals surface area contributed by atoms with Crippen molar-refractivity contribution in [2.75, 3.05) is 5.32 Å². The molecule has 0 saturated carbocycles. The van der Waals surface area contributed by atoms with Gasteiger partial charge in [0.25, 0.3) is 5.91 Å². The van der Waals surface area contributed by atoms with Gasteiger partial charge in [0.05, 0.1) is 10.2 Å². The fraction of sp³-hybridized carbons (Fsp3) is 0. The minimum absolute atomic E-state index is 0.175. The Hall–Kier alpha value is -3.25. The number of nitrogens with one attached hydrogen (secondary N) is 1. The number of hydrogen-bond acceptors (Lipinski definition) is 5. The van der Waals surface area contributed by atoms with Crippen LogP contribution in [0.25, 0.3) is 32.1 Å². The van der Waals surface area contributed by atoms with Gasteiger partial charge >= 0.3 is 6.01 Å². The van der Waals surface area contributed by atoms with Crippen molar-refractivity contribution in [2.24, 2.45) is 0 Å². The number of carbonyl (C=O) groups excluding carboxylic acids is 1. The highest BCUT2D eigenvalue weighted by Gasteiger charge is 2.14. The molecule has 0 aliphatic carbocycles. The van der Waals surface area contributed by atoms with Gasteiger partial charge in [-0.1, -0.05) is 30.3 Å². The molecular weight excluding hydrogens is 334 g/mol. The van der Waals surface area contributed by atoms with Crippen molar-refractivity contribution in [3.63, 3.8) is 0 Å². The van der Waals surface area contributed by atoms with Crippen LogP contribution in [0.15, 0.2) is 64.5 Å². The number of hydrogen-bond donors (Lipinski definition) is 1. The third kappa shape index (κ3) is 2.35. The number of amides is 1. The van der Waals surface area contributed by atoms with Crippen LogP contribution in [-0.4, -0.2) is 15.9 Å². The summed E-state index contributed by atoms with van der Waals surface area (Å²) in [6, 6.07) is 17.5. The van der Waals surface area contributed by atoms with Gasteiger partial charge in [0.15, 0.2) is 5.58 Å². The molecule has 0 saturated heterocycles. The number of carbonyl (C=O) groups is 1. The van der Waals surface area contributed by atoms with Crippen LogP contribution in [0.1, 0.15) is 10.4 Å². The summed E-state index contributed by atoms with van der Waals surface area (Å²) < 4.78 is 6.74. The first-order valence-electron chi connectivity index (χ1n) is 7.71. The van der Waals surface area contributed by atoms with Crippen LogP contribution < -0.4 is 5.32 Å². The van der Waals surface area contributed by atoms with Gasteiger partial charge in [-0.25, -0.2) is 4.98 Å². The molecule has 0 spiro atoms. The van der Waals surface area contributed by atoms with Crippen LogP contribution in [0.2, 0.25) is 0 Å². The predicted molar refractivity (Wildman–Crippen MR) is 99.1 cm³/mol. The highest BCUT2D eigenvalue weighted by Crippen LogP contribution is 2.29. The molecule has 5 nitrogen and oxygen atoms in total. The minimum atomic E-state index is -0.258. The van der Waals surface area contributed by atoms with Crippen LogP contribution in [0.3, 0.4) is 0 Å². The zero-order valence-corrected chi connectivity index (χ0v) is 13.7. The molecule has 0 aliphatic rings.